The van der Waals surface area contributed by atoms with Gasteiger partial charge in [0.05, 0.1) is 12.8 Å². The van der Waals surface area contributed by atoms with E-state index in [-0.39, 0.29) is 11.9 Å². The third kappa shape index (κ3) is 5.83. The van der Waals surface area contributed by atoms with E-state index in [9.17, 15) is 18.0 Å². The highest BCUT2D eigenvalue weighted by Crippen LogP contribution is 2.16. The number of sulfonamides is 1. The summed E-state index contributed by atoms with van der Waals surface area (Å²) in [6, 6.07) is 6.29. The van der Waals surface area contributed by atoms with Gasteiger partial charge in [-0.05, 0) is 37.1 Å². The quantitative estimate of drug-likeness (QED) is 0.750. The highest BCUT2D eigenvalue weighted by molar-refractivity contribution is 7.92. The number of piperazine rings is 1. The first-order valence-corrected chi connectivity index (χ1v) is 11.3. The molecule has 2 fully saturated rings. The SMILES string of the molecule is CS(=O)(=O)Nc1ccc(NC(=O)N2CCN(CC(=O)N3CCCC3)CC2)cc1. The lowest BCUT2D eigenvalue weighted by atomic mass is 10.3. The molecule has 3 rings (SSSR count). The fourth-order valence-corrected chi connectivity index (χ4v) is 3.97. The number of hydrogen-bond donors (Lipinski definition) is 2. The Balaban J connectivity index is 1.44. The minimum Gasteiger partial charge on any atom is -0.342 e. The number of nitrogens with one attached hydrogen (secondary N) is 2. The number of benzene rings is 1. The van der Waals surface area contributed by atoms with E-state index >= 15 is 0 Å². The molecule has 2 saturated heterocycles. The molecule has 2 heterocycles. The van der Waals surface area contributed by atoms with Crippen LogP contribution in [0, 0.1) is 0 Å². The van der Waals surface area contributed by atoms with Crippen molar-refractivity contribution in [2.45, 2.75) is 12.8 Å². The molecular formula is C18H27N5O4S. The molecule has 0 radical (unpaired) electrons. The summed E-state index contributed by atoms with van der Waals surface area (Å²) in [5.41, 5.74) is 1.03. The van der Waals surface area contributed by atoms with Gasteiger partial charge in [-0.25, -0.2) is 13.2 Å². The normalized spacial score (nSPS) is 18.2. The van der Waals surface area contributed by atoms with Crippen molar-refractivity contribution in [3.8, 4) is 0 Å². The predicted octanol–water partition coefficient (Wildman–Crippen LogP) is 0.830. The predicted molar refractivity (Wildman–Crippen MR) is 108 cm³/mol. The molecule has 0 aromatic heterocycles. The van der Waals surface area contributed by atoms with Crippen molar-refractivity contribution < 1.29 is 18.0 Å². The molecule has 0 aliphatic carbocycles. The van der Waals surface area contributed by atoms with Gasteiger partial charge < -0.3 is 15.1 Å². The van der Waals surface area contributed by atoms with E-state index in [1.807, 2.05) is 4.90 Å². The number of rotatable bonds is 5. The van der Waals surface area contributed by atoms with Gasteiger partial charge in [-0.2, -0.15) is 0 Å². The average molecular weight is 410 g/mol. The van der Waals surface area contributed by atoms with Crippen molar-refractivity contribution >= 4 is 33.3 Å². The molecule has 0 spiro atoms. The molecular weight excluding hydrogens is 382 g/mol. The Morgan fingerprint density at radius 2 is 1.46 bits per heavy atom. The molecule has 1 aromatic carbocycles. The van der Waals surface area contributed by atoms with Crippen molar-refractivity contribution in [3.05, 3.63) is 24.3 Å². The Morgan fingerprint density at radius 3 is 2.04 bits per heavy atom. The number of nitrogens with zero attached hydrogens (tertiary/aromatic N) is 3. The highest BCUT2D eigenvalue weighted by Gasteiger charge is 2.25. The molecule has 0 saturated carbocycles. The Labute approximate surface area is 165 Å². The molecule has 10 heteroatoms. The van der Waals surface area contributed by atoms with Crippen LogP contribution in [-0.2, 0) is 14.8 Å². The first-order valence-electron chi connectivity index (χ1n) is 9.44. The number of amides is 3. The summed E-state index contributed by atoms with van der Waals surface area (Å²) >= 11 is 0. The molecule has 0 unspecified atom stereocenters. The number of carbonyl (C=O) groups is 2. The minimum atomic E-state index is -3.33. The molecule has 2 aliphatic heterocycles. The second-order valence-corrected chi connectivity index (χ2v) is 8.98. The lowest BCUT2D eigenvalue weighted by Gasteiger charge is -2.35. The van der Waals surface area contributed by atoms with Gasteiger partial charge in [-0.15, -0.1) is 0 Å². The topological polar surface area (TPSA) is 102 Å². The lowest BCUT2D eigenvalue weighted by molar-refractivity contribution is -0.131. The summed E-state index contributed by atoms with van der Waals surface area (Å²) in [6.07, 6.45) is 3.26. The molecule has 154 valence electrons. The van der Waals surface area contributed by atoms with Gasteiger partial charge in [0, 0.05) is 50.6 Å². The van der Waals surface area contributed by atoms with Crippen LogP contribution in [-0.4, -0.2) is 87.1 Å². The van der Waals surface area contributed by atoms with E-state index in [1.165, 1.54) is 0 Å². The Kier molecular flexibility index (Phi) is 6.40. The van der Waals surface area contributed by atoms with Gasteiger partial charge >= 0.3 is 6.03 Å². The largest absolute Gasteiger partial charge is 0.342 e. The van der Waals surface area contributed by atoms with Gasteiger partial charge in [0.1, 0.15) is 0 Å². The van der Waals surface area contributed by atoms with Crippen LogP contribution < -0.4 is 10.0 Å². The van der Waals surface area contributed by atoms with Crippen LogP contribution in [0.4, 0.5) is 16.2 Å². The van der Waals surface area contributed by atoms with Crippen molar-refractivity contribution in [3.63, 3.8) is 0 Å². The van der Waals surface area contributed by atoms with Crippen molar-refractivity contribution in [1.29, 1.82) is 0 Å². The first-order chi connectivity index (χ1) is 13.3. The van der Waals surface area contributed by atoms with Gasteiger partial charge in [0.2, 0.25) is 15.9 Å². The van der Waals surface area contributed by atoms with E-state index in [2.05, 4.69) is 14.9 Å². The molecule has 0 bridgehead atoms. The molecule has 3 amide bonds. The number of likely N-dealkylation sites (tertiary alicyclic amines) is 1. The van der Waals surface area contributed by atoms with E-state index in [0.29, 0.717) is 44.1 Å². The first kappa shape index (κ1) is 20.4. The van der Waals surface area contributed by atoms with Gasteiger partial charge in [0.15, 0.2) is 0 Å². The molecule has 2 N–H and O–H groups in total. The van der Waals surface area contributed by atoms with Gasteiger partial charge in [-0.3, -0.25) is 14.4 Å². The highest BCUT2D eigenvalue weighted by atomic mass is 32.2. The zero-order valence-corrected chi connectivity index (χ0v) is 16.9. The Morgan fingerprint density at radius 1 is 0.893 bits per heavy atom. The monoisotopic (exact) mass is 409 g/mol. The van der Waals surface area contributed by atoms with Crippen LogP contribution in [0.25, 0.3) is 0 Å². The number of carbonyl (C=O) groups excluding carboxylic acids is 2. The Bertz CT molecular complexity index is 798. The van der Waals surface area contributed by atoms with Crippen molar-refractivity contribution in [2.24, 2.45) is 0 Å². The van der Waals surface area contributed by atoms with Crippen LogP contribution in [0.3, 0.4) is 0 Å². The number of hydrogen-bond acceptors (Lipinski definition) is 5. The van der Waals surface area contributed by atoms with Crippen LogP contribution >= 0.6 is 0 Å². The number of anilines is 2. The zero-order valence-electron chi connectivity index (χ0n) is 16.1. The van der Waals surface area contributed by atoms with Crippen molar-refractivity contribution in [1.82, 2.24) is 14.7 Å². The van der Waals surface area contributed by atoms with Crippen molar-refractivity contribution in [2.75, 3.05) is 62.1 Å². The molecule has 2 aliphatic rings. The van der Waals surface area contributed by atoms with E-state index in [1.54, 1.807) is 29.2 Å². The summed E-state index contributed by atoms with van der Waals surface area (Å²) < 4.78 is 24.8. The Hall–Kier alpha value is -2.33. The van der Waals surface area contributed by atoms with Crippen LogP contribution in [0.15, 0.2) is 24.3 Å². The molecule has 1 aromatic rings. The average Bonchev–Trinajstić information content (AvgIpc) is 3.17. The van der Waals surface area contributed by atoms with Crippen LogP contribution in [0.5, 0.6) is 0 Å². The maximum Gasteiger partial charge on any atom is 0.321 e. The van der Waals surface area contributed by atoms with E-state index in [0.717, 1.165) is 32.2 Å². The maximum atomic E-state index is 12.4. The zero-order chi connectivity index (χ0) is 20.1. The summed E-state index contributed by atoms with van der Waals surface area (Å²) in [5.74, 6) is 0.179. The van der Waals surface area contributed by atoms with Crippen LogP contribution in [0.2, 0.25) is 0 Å². The fraction of sp³-hybridized carbons (Fsp3) is 0.556. The molecule has 9 nitrogen and oxygen atoms in total. The summed E-state index contributed by atoms with van der Waals surface area (Å²) in [5, 5.41) is 2.82. The second kappa shape index (κ2) is 8.78. The van der Waals surface area contributed by atoms with Gasteiger partial charge in [-0.1, -0.05) is 0 Å². The summed E-state index contributed by atoms with van der Waals surface area (Å²) in [4.78, 5) is 30.4. The third-order valence-corrected chi connectivity index (χ3v) is 5.52. The lowest BCUT2D eigenvalue weighted by Crippen LogP contribution is -2.52. The van der Waals surface area contributed by atoms with Crippen LogP contribution in [0.1, 0.15) is 12.8 Å². The fourth-order valence-electron chi connectivity index (χ4n) is 3.41. The van der Waals surface area contributed by atoms with Gasteiger partial charge in [0.25, 0.3) is 0 Å². The smallest absolute Gasteiger partial charge is 0.321 e. The van der Waals surface area contributed by atoms with E-state index < -0.39 is 10.0 Å². The number of urea groups is 1. The molecule has 28 heavy (non-hydrogen) atoms. The second-order valence-electron chi connectivity index (χ2n) is 7.23. The van der Waals surface area contributed by atoms with E-state index in [4.69, 9.17) is 0 Å². The maximum absolute atomic E-state index is 12.4. The third-order valence-electron chi connectivity index (χ3n) is 4.92. The summed E-state index contributed by atoms with van der Waals surface area (Å²) in [6.45, 7) is 4.61. The standard InChI is InChI=1S/C18H27N5O4S/c1-28(26,27)20-16-6-4-15(5-7-16)19-18(25)23-12-10-21(11-13-23)14-17(24)22-8-2-3-9-22/h4-7,20H,2-3,8-14H2,1H3,(H,19,25). The summed E-state index contributed by atoms with van der Waals surface area (Å²) in [7, 11) is -3.33. The minimum absolute atomic E-state index is 0.179. The molecule has 0 atom stereocenters.